The number of carbonyl (C=O) groups excluding carboxylic acids is 1. The molecule has 0 radical (unpaired) electrons. The van der Waals surface area contributed by atoms with Gasteiger partial charge in [0.1, 0.15) is 0 Å². The van der Waals surface area contributed by atoms with E-state index in [0.717, 1.165) is 24.6 Å². The molecule has 0 aromatic heterocycles. The van der Waals surface area contributed by atoms with Crippen LogP contribution in [0.2, 0.25) is 0 Å². The zero-order chi connectivity index (χ0) is 17.9. The van der Waals surface area contributed by atoms with Crippen LogP contribution in [0, 0.1) is 6.92 Å². The Bertz CT molecular complexity index is 567. The van der Waals surface area contributed by atoms with E-state index in [1.54, 1.807) is 7.05 Å². The third-order valence-corrected chi connectivity index (χ3v) is 4.38. The van der Waals surface area contributed by atoms with Crippen LogP contribution in [0.15, 0.2) is 29.3 Å². The molecule has 1 aromatic rings. The van der Waals surface area contributed by atoms with Crippen molar-refractivity contribution in [2.24, 2.45) is 4.99 Å². The van der Waals surface area contributed by atoms with Crippen LogP contribution in [-0.2, 0) is 0 Å². The quantitative estimate of drug-likeness (QED) is 0.397. The summed E-state index contributed by atoms with van der Waals surface area (Å²) in [6.07, 6.45) is 3.99. The van der Waals surface area contributed by atoms with E-state index in [1.807, 2.05) is 31.2 Å². The molecule has 2 rings (SSSR count). The molecular weight excluding hydrogens is 314 g/mol. The predicted molar refractivity (Wildman–Crippen MR) is 103 cm³/mol. The van der Waals surface area contributed by atoms with Gasteiger partial charge in [-0.3, -0.25) is 9.79 Å². The zero-order valence-electron chi connectivity index (χ0n) is 15.5. The molecule has 0 atom stereocenters. The second kappa shape index (κ2) is 10.7. The van der Waals surface area contributed by atoms with Gasteiger partial charge in [-0.05, 0) is 45.0 Å². The Morgan fingerprint density at radius 1 is 1.08 bits per heavy atom. The molecule has 0 bridgehead atoms. The highest BCUT2D eigenvalue weighted by atomic mass is 16.1. The number of guanidine groups is 1. The second-order valence-electron chi connectivity index (χ2n) is 6.45. The number of aliphatic imine (C=N–C) groups is 1. The lowest BCUT2D eigenvalue weighted by Gasteiger charge is -2.26. The van der Waals surface area contributed by atoms with Gasteiger partial charge < -0.3 is 20.9 Å². The Hall–Kier alpha value is -2.08. The Morgan fingerprint density at radius 3 is 2.52 bits per heavy atom. The molecule has 6 heteroatoms. The predicted octanol–water partition coefficient (Wildman–Crippen LogP) is 1.38. The van der Waals surface area contributed by atoms with Crippen molar-refractivity contribution in [3.63, 3.8) is 0 Å². The molecule has 1 aromatic carbocycles. The van der Waals surface area contributed by atoms with Crippen LogP contribution in [-0.4, -0.2) is 63.1 Å². The first-order valence-corrected chi connectivity index (χ1v) is 9.21. The normalized spacial score (nSPS) is 15.7. The molecule has 1 fully saturated rings. The molecule has 3 N–H and O–H groups in total. The number of nitrogens with one attached hydrogen (secondary N) is 3. The van der Waals surface area contributed by atoms with Gasteiger partial charge in [-0.2, -0.15) is 0 Å². The fraction of sp³-hybridized carbons (Fsp3) is 0.579. The van der Waals surface area contributed by atoms with E-state index in [9.17, 15) is 4.79 Å². The smallest absolute Gasteiger partial charge is 0.251 e. The topological polar surface area (TPSA) is 68.8 Å². The first-order chi connectivity index (χ1) is 12.2. The third-order valence-electron chi connectivity index (χ3n) is 4.38. The average molecular weight is 345 g/mol. The van der Waals surface area contributed by atoms with Gasteiger partial charge in [-0.1, -0.05) is 24.1 Å². The fourth-order valence-electron chi connectivity index (χ4n) is 2.98. The molecule has 1 saturated heterocycles. The van der Waals surface area contributed by atoms with E-state index in [0.29, 0.717) is 18.7 Å². The molecule has 138 valence electrons. The summed E-state index contributed by atoms with van der Waals surface area (Å²) in [5.41, 5.74) is 1.79. The van der Waals surface area contributed by atoms with Gasteiger partial charge in [0.25, 0.3) is 5.91 Å². The Balaban J connectivity index is 1.59. The van der Waals surface area contributed by atoms with Crippen molar-refractivity contribution in [2.75, 3.05) is 46.3 Å². The third kappa shape index (κ3) is 7.13. The first kappa shape index (κ1) is 19.2. The standard InChI is InChI=1S/C19H31N5O/c1-16-7-6-8-17(15-16)18(25)21-9-10-22-19(20-2)23-11-14-24-12-4-3-5-13-24/h6-8,15H,3-5,9-14H2,1-2H3,(H,21,25)(H2,20,22,23). The van der Waals surface area contributed by atoms with Gasteiger partial charge in [-0.25, -0.2) is 0 Å². The molecule has 1 aliphatic heterocycles. The van der Waals surface area contributed by atoms with Crippen LogP contribution in [0.3, 0.4) is 0 Å². The number of likely N-dealkylation sites (tertiary alicyclic amines) is 1. The molecule has 0 aliphatic carbocycles. The highest BCUT2D eigenvalue weighted by Gasteiger charge is 2.09. The Kier molecular flexibility index (Phi) is 8.25. The minimum absolute atomic E-state index is 0.0430. The molecule has 0 unspecified atom stereocenters. The van der Waals surface area contributed by atoms with Crippen LogP contribution >= 0.6 is 0 Å². The number of amides is 1. The van der Waals surface area contributed by atoms with E-state index in [4.69, 9.17) is 0 Å². The Labute approximate surface area is 151 Å². The first-order valence-electron chi connectivity index (χ1n) is 9.21. The van der Waals surface area contributed by atoms with Crippen LogP contribution in [0.1, 0.15) is 35.2 Å². The largest absolute Gasteiger partial charge is 0.355 e. The summed E-state index contributed by atoms with van der Waals surface area (Å²) in [6.45, 7) is 7.52. The molecule has 6 nitrogen and oxygen atoms in total. The molecule has 1 amide bonds. The fourth-order valence-corrected chi connectivity index (χ4v) is 2.98. The summed E-state index contributed by atoms with van der Waals surface area (Å²) in [5.74, 6) is 0.736. The number of benzene rings is 1. The number of aryl methyl sites for hydroxylation is 1. The highest BCUT2D eigenvalue weighted by Crippen LogP contribution is 2.07. The van der Waals surface area contributed by atoms with Gasteiger partial charge in [0.2, 0.25) is 0 Å². The van der Waals surface area contributed by atoms with Gasteiger partial charge in [-0.15, -0.1) is 0 Å². The van der Waals surface area contributed by atoms with Crippen molar-refractivity contribution < 1.29 is 4.79 Å². The summed E-state index contributed by atoms with van der Waals surface area (Å²) in [4.78, 5) is 18.8. The van der Waals surface area contributed by atoms with Crippen LogP contribution in [0.5, 0.6) is 0 Å². The van der Waals surface area contributed by atoms with E-state index in [1.165, 1.54) is 32.4 Å². The van der Waals surface area contributed by atoms with Crippen molar-refractivity contribution in [2.45, 2.75) is 26.2 Å². The summed E-state index contributed by atoms with van der Waals surface area (Å²) in [7, 11) is 1.77. The number of hydrogen-bond donors (Lipinski definition) is 3. The molecule has 25 heavy (non-hydrogen) atoms. The van der Waals surface area contributed by atoms with Crippen molar-refractivity contribution in [1.82, 2.24) is 20.9 Å². The SMILES string of the molecule is CN=C(NCCNC(=O)c1cccc(C)c1)NCCN1CCCCC1. The number of hydrogen-bond acceptors (Lipinski definition) is 3. The van der Waals surface area contributed by atoms with Crippen LogP contribution in [0.4, 0.5) is 0 Å². The van der Waals surface area contributed by atoms with Crippen molar-refractivity contribution >= 4 is 11.9 Å². The van der Waals surface area contributed by atoms with E-state index in [2.05, 4.69) is 25.8 Å². The summed E-state index contributed by atoms with van der Waals surface area (Å²) in [5, 5.41) is 9.48. The summed E-state index contributed by atoms with van der Waals surface area (Å²) < 4.78 is 0. The lowest BCUT2D eigenvalue weighted by atomic mass is 10.1. The maximum absolute atomic E-state index is 12.1. The van der Waals surface area contributed by atoms with E-state index >= 15 is 0 Å². The van der Waals surface area contributed by atoms with Crippen LogP contribution in [0.25, 0.3) is 0 Å². The zero-order valence-corrected chi connectivity index (χ0v) is 15.5. The molecule has 1 heterocycles. The monoisotopic (exact) mass is 345 g/mol. The summed E-state index contributed by atoms with van der Waals surface area (Å²) in [6, 6.07) is 7.61. The molecule has 1 aliphatic rings. The van der Waals surface area contributed by atoms with E-state index < -0.39 is 0 Å². The highest BCUT2D eigenvalue weighted by molar-refractivity contribution is 5.94. The minimum atomic E-state index is -0.0430. The lowest BCUT2D eigenvalue weighted by molar-refractivity contribution is 0.0954. The van der Waals surface area contributed by atoms with Crippen molar-refractivity contribution in [3.8, 4) is 0 Å². The number of nitrogens with zero attached hydrogens (tertiary/aromatic N) is 2. The molecule has 0 spiro atoms. The molecular formula is C19H31N5O. The number of rotatable bonds is 7. The van der Waals surface area contributed by atoms with Crippen molar-refractivity contribution in [1.29, 1.82) is 0 Å². The minimum Gasteiger partial charge on any atom is -0.355 e. The van der Waals surface area contributed by atoms with Crippen molar-refractivity contribution in [3.05, 3.63) is 35.4 Å². The maximum atomic E-state index is 12.1. The van der Waals surface area contributed by atoms with Gasteiger partial charge in [0.15, 0.2) is 5.96 Å². The number of carbonyl (C=O) groups is 1. The summed E-state index contributed by atoms with van der Waals surface area (Å²) >= 11 is 0. The average Bonchev–Trinajstić information content (AvgIpc) is 2.64. The molecule has 0 saturated carbocycles. The van der Waals surface area contributed by atoms with E-state index in [-0.39, 0.29) is 5.91 Å². The van der Waals surface area contributed by atoms with Gasteiger partial charge in [0, 0.05) is 38.8 Å². The Morgan fingerprint density at radius 2 is 1.80 bits per heavy atom. The maximum Gasteiger partial charge on any atom is 0.251 e. The van der Waals surface area contributed by atoms with Gasteiger partial charge in [0.05, 0.1) is 0 Å². The lowest BCUT2D eigenvalue weighted by Crippen LogP contribution is -2.44. The van der Waals surface area contributed by atoms with Gasteiger partial charge >= 0.3 is 0 Å². The second-order valence-corrected chi connectivity index (χ2v) is 6.45. The number of piperidine rings is 1. The van der Waals surface area contributed by atoms with Crippen LogP contribution < -0.4 is 16.0 Å².